The Morgan fingerprint density at radius 1 is 0.326 bits per heavy atom. The zero-order valence-electron chi connectivity index (χ0n) is 25.1. The molecule has 0 spiro atoms. The summed E-state index contributed by atoms with van der Waals surface area (Å²) in [5.74, 6) is 0. The lowest BCUT2D eigenvalue weighted by Crippen LogP contribution is -2.28. The molecule has 0 N–H and O–H groups in total. The zero-order valence-corrected chi connectivity index (χ0v) is 26.7. The van der Waals surface area contributed by atoms with Gasteiger partial charge in [-0.25, -0.2) is 0 Å². The van der Waals surface area contributed by atoms with Gasteiger partial charge >= 0.3 is 0 Å². The molecular weight excluding hydrogens is 620 g/mol. The Balaban J connectivity index is 1.33. The molecule has 0 heterocycles. The van der Waals surface area contributed by atoms with E-state index in [0.29, 0.717) is 0 Å². The number of hydrogen-bond acceptors (Lipinski definition) is 0. The van der Waals surface area contributed by atoms with E-state index in [0.717, 1.165) is 4.47 Å². The van der Waals surface area contributed by atoms with Crippen molar-refractivity contribution in [2.75, 3.05) is 0 Å². The van der Waals surface area contributed by atoms with Crippen LogP contribution in [0.2, 0.25) is 0 Å². The van der Waals surface area contributed by atoms with Gasteiger partial charge in [-0.15, -0.1) is 0 Å². The average molecular weight is 650 g/mol. The molecule has 0 atom stereocenters. The van der Waals surface area contributed by atoms with Gasteiger partial charge in [0.25, 0.3) is 0 Å². The molecule has 9 rings (SSSR count). The Bertz CT molecular complexity index is 2290. The van der Waals surface area contributed by atoms with Crippen molar-refractivity contribution in [3.8, 4) is 33.4 Å². The molecule has 0 bridgehead atoms. The van der Waals surface area contributed by atoms with E-state index in [4.69, 9.17) is 0 Å². The molecule has 8 aromatic rings. The van der Waals surface area contributed by atoms with Gasteiger partial charge in [0.1, 0.15) is 0 Å². The minimum Gasteiger partial charge on any atom is -0.0622 e. The zero-order chi connectivity index (χ0) is 30.7. The van der Waals surface area contributed by atoms with Crippen LogP contribution in [0, 0.1) is 0 Å². The second-order valence-corrected chi connectivity index (χ2v) is 13.2. The lowest BCUT2D eigenvalue weighted by Gasteiger charge is -2.34. The molecule has 1 aliphatic rings. The molecule has 0 saturated carbocycles. The van der Waals surface area contributed by atoms with Crippen molar-refractivity contribution in [1.82, 2.24) is 0 Å². The Morgan fingerprint density at radius 2 is 0.739 bits per heavy atom. The van der Waals surface area contributed by atoms with Crippen molar-refractivity contribution in [3.05, 3.63) is 203 Å². The summed E-state index contributed by atoms with van der Waals surface area (Å²) in [7, 11) is 0. The van der Waals surface area contributed by atoms with Crippen LogP contribution >= 0.6 is 15.9 Å². The standard InChI is InChI=1S/C45H29Br/c46-40-22-20-39(21-23-40)45(38-12-2-1-3-13-38)43-28-36(34-16-14-30-8-4-6-10-32(30)26-34)18-24-41(43)42-25-19-37(29-44(42)45)35-17-15-31-9-5-7-11-33(31)27-35/h1-29H. The third-order valence-corrected chi connectivity index (χ3v) is 10.3. The van der Waals surface area contributed by atoms with Crippen molar-refractivity contribution < 1.29 is 0 Å². The van der Waals surface area contributed by atoms with E-state index in [9.17, 15) is 0 Å². The summed E-state index contributed by atoms with van der Waals surface area (Å²) in [4.78, 5) is 0. The van der Waals surface area contributed by atoms with E-state index < -0.39 is 5.41 Å². The highest BCUT2D eigenvalue weighted by Gasteiger charge is 2.46. The van der Waals surface area contributed by atoms with Gasteiger partial charge in [0, 0.05) is 4.47 Å². The monoisotopic (exact) mass is 648 g/mol. The van der Waals surface area contributed by atoms with Crippen LogP contribution in [0.15, 0.2) is 180 Å². The molecule has 0 amide bonds. The summed E-state index contributed by atoms with van der Waals surface area (Å²) in [5, 5.41) is 5.03. The van der Waals surface area contributed by atoms with Gasteiger partial charge in [0.2, 0.25) is 0 Å². The maximum Gasteiger partial charge on any atom is 0.0714 e. The SMILES string of the molecule is Brc1ccc(C2(c3ccccc3)c3cc(-c4ccc5ccccc5c4)ccc3-c3ccc(-c4ccc5ccccc5c4)cc32)cc1. The van der Waals surface area contributed by atoms with E-state index in [-0.39, 0.29) is 0 Å². The highest BCUT2D eigenvalue weighted by Crippen LogP contribution is 2.57. The van der Waals surface area contributed by atoms with Crippen LogP contribution in [0.1, 0.15) is 22.3 Å². The van der Waals surface area contributed by atoms with Crippen LogP contribution in [0.25, 0.3) is 54.9 Å². The van der Waals surface area contributed by atoms with Gasteiger partial charge in [0.05, 0.1) is 5.41 Å². The van der Waals surface area contributed by atoms with Crippen LogP contribution in [-0.2, 0) is 5.41 Å². The van der Waals surface area contributed by atoms with E-state index in [1.54, 1.807) is 0 Å². The van der Waals surface area contributed by atoms with Crippen molar-refractivity contribution in [2.45, 2.75) is 5.41 Å². The molecule has 1 aliphatic carbocycles. The lowest BCUT2D eigenvalue weighted by molar-refractivity contribution is 0.769. The van der Waals surface area contributed by atoms with Crippen LogP contribution in [0.5, 0.6) is 0 Å². The number of benzene rings is 8. The third-order valence-electron chi connectivity index (χ3n) is 9.79. The van der Waals surface area contributed by atoms with Crippen LogP contribution in [0.4, 0.5) is 0 Å². The molecular formula is C45H29Br. The Labute approximate surface area is 277 Å². The van der Waals surface area contributed by atoms with Gasteiger partial charge in [-0.1, -0.05) is 155 Å². The normalized spacial score (nSPS) is 13.1. The maximum atomic E-state index is 3.72. The first-order chi connectivity index (χ1) is 22.7. The summed E-state index contributed by atoms with van der Waals surface area (Å²) in [6.45, 7) is 0. The fraction of sp³-hybridized carbons (Fsp3) is 0.0222. The van der Waals surface area contributed by atoms with Crippen molar-refractivity contribution in [1.29, 1.82) is 0 Å². The summed E-state index contributed by atoms with van der Waals surface area (Å²) in [6, 6.07) is 65.0. The second kappa shape index (κ2) is 10.7. The van der Waals surface area contributed by atoms with Crippen LogP contribution in [0.3, 0.4) is 0 Å². The lowest BCUT2D eigenvalue weighted by atomic mass is 9.67. The quantitative estimate of drug-likeness (QED) is 0.178. The van der Waals surface area contributed by atoms with Crippen LogP contribution in [-0.4, -0.2) is 0 Å². The first-order valence-electron chi connectivity index (χ1n) is 15.8. The van der Waals surface area contributed by atoms with Gasteiger partial charge in [-0.2, -0.15) is 0 Å². The summed E-state index contributed by atoms with van der Waals surface area (Å²) in [6.07, 6.45) is 0. The Hall–Kier alpha value is -5.24. The molecule has 46 heavy (non-hydrogen) atoms. The van der Waals surface area contributed by atoms with E-state index >= 15 is 0 Å². The summed E-state index contributed by atoms with van der Waals surface area (Å²) < 4.78 is 1.08. The minimum atomic E-state index is -0.494. The first-order valence-corrected chi connectivity index (χ1v) is 16.6. The summed E-state index contributed by atoms with van der Waals surface area (Å²) in [5.41, 5.74) is 12.2. The number of hydrogen-bond donors (Lipinski definition) is 0. The van der Waals surface area contributed by atoms with E-state index in [2.05, 4.69) is 192 Å². The largest absolute Gasteiger partial charge is 0.0714 e. The van der Waals surface area contributed by atoms with Crippen molar-refractivity contribution in [2.24, 2.45) is 0 Å². The first kappa shape index (κ1) is 27.1. The Morgan fingerprint density at radius 3 is 1.26 bits per heavy atom. The van der Waals surface area contributed by atoms with Gasteiger partial charge in [-0.3, -0.25) is 0 Å². The van der Waals surface area contributed by atoms with Crippen molar-refractivity contribution >= 4 is 37.5 Å². The molecule has 0 radical (unpaired) electrons. The number of fused-ring (bicyclic) bond motifs is 5. The molecule has 0 aromatic heterocycles. The molecule has 0 fully saturated rings. The third kappa shape index (κ3) is 4.20. The number of halogens is 1. The van der Waals surface area contributed by atoms with E-state index in [1.165, 1.54) is 77.2 Å². The number of rotatable bonds is 4. The highest BCUT2D eigenvalue weighted by atomic mass is 79.9. The molecule has 0 saturated heterocycles. The predicted octanol–water partition coefficient (Wildman–Crippen LogP) is 12.5. The topological polar surface area (TPSA) is 0 Å². The van der Waals surface area contributed by atoms with Gasteiger partial charge in [0.15, 0.2) is 0 Å². The fourth-order valence-corrected chi connectivity index (χ4v) is 7.86. The van der Waals surface area contributed by atoms with E-state index in [1.807, 2.05) is 0 Å². The Kier molecular flexibility index (Phi) is 6.30. The fourth-order valence-electron chi connectivity index (χ4n) is 7.60. The van der Waals surface area contributed by atoms with Gasteiger partial charge in [-0.05, 0) is 114 Å². The molecule has 0 aliphatic heterocycles. The smallest absolute Gasteiger partial charge is 0.0622 e. The molecule has 8 aromatic carbocycles. The second-order valence-electron chi connectivity index (χ2n) is 12.3. The average Bonchev–Trinajstić information content (AvgIpc) is 3.41. The molecule has 0 unspecified atom stereocenters. The summed E-state index contributed by atoms with van der Waals surface area (Å²) >= 11 is 3.72. The van der Waals surface area contributed by atoms with Crippen molar-refractivity contribution in [3.63, 3.8) is 0 Å². The van der Waals surface area contributed by atoms with Gasteiger partial charge < -0.3 is 0 Å². The maximum absolute atomic E-state index is 3.72. The molecule has 216 valence electrons. The van der Waals surface area contributed by atoms with Crippen LogP contribution < -0.4 is 0 Å². The highest BCUT2D eigenvalue weighted by molar-refractivity contribution is 9.10. The minimum absolute atomic E-state index is 0.494. The predicted molar refractivity (Wildman–Crippen MR) is 197 cm³/mol. The molecule has 1 heteroatoms. The molecule has 0 nitrogen and oxygen atoms in total.